The molecule has 3 aromatic rings. The van der Waals surface area contributed by atoms with Crippen LogP contribution in [0.5, 0.6) is 0 Å². The van der Waals surface area contributed by atoms with Gasteiger partial charge in [-0.1, -0.05) is 25.1 Å². The molecule has 0 unspecified atom stereocenters. The van der Waals surface area contributed by atoms with E-state index in [0.717, 1.165) is 33.9 Å². The molecule has 0 fully saturated rings. The highest BCUT2D eigenvalue weighted by Crippen LogP contribution is 2.30. The number of carboxylic acids is 1. The van der Waals surface area contributed by atoms with Gasteiger partial charge in [-0.3, -0.25) is 4.79 Å². The molecule has 96 valence electrons. The molecule has 0 bridgehead atoms. The Balaban J connectivity index is 2.19. The molecule has 0 aliphatic carbocycles. The fourth-order valence-corrected chi connectivity index (χ4v) is 2.37. The Morgan fingerprint density at radius 1 is 1.05 bits per heavy atom. The first-order valence-electron chi connectivity index (χ1n) is 6.33. The highest BCUT2D eigenvalue weighted by molar-refractivity contribution is 6.05. The summed E-state index contributed by atoms with van der Waals surface area (Å²) in [7, 11) is 0. The lowest BCUT2D eigenvalue weighted by atomic mass is 10.1. The molecule has 0 saturated heterocycles. The first kappa shape index (κ1) is 11.8. The lowest BCUT2D eigenvalue weighted by molar-refractivity contribution is -0.136. The summed E-state index contributed by atoms with van der Waals surface area (Å²) in [6.07, 6.45) is 1.01. The predicted octanol–water partition coefficient (Wildman–Crippen LogP) is 3.78. The van der Waals surface area contributed by atoms with Gasteiger partial charge in [0.1, 0.15) is 11.2 Å². The third kappa shape index (κ3) is 2.08. The van der Waals surface area contributed by atoms with Crippen molar-refractivity contribution in [2.45, 2.75) is 19.8 Å². The summed E-state index contributed by atoms with van der Waals surface area (Å²) < 4.78 is 5.78. The average molecular weight is 254 g/mol. The first-order valence-corrected chi connectivity index (χ1v) is 6.33. The van der Waals surface area contributed by atoms with E-state index in [1.807, 2.05) is 24.3 Å². The molecule has 2 aromatic carbocycles. The van der Waals surface area contributed by atoms with Gasteiger partial charge in [-0.15, -0.1) is 0 Å². The second-order valence-corrected chi connectivity index (χ2v) is 4.69. The van der Waals surface area contributed by atoms with E-state index in [1.54, 1.807) is 0 Å². The molecule has 3 heteroatoms. The van der Waals surface area contributed by atoms with Crippen LogP contribution in [0.1, 0.15) is 18.1 Å². The van der Waals surface area contributed by atoms with Crippen LogP contribution in [-0.2, 0) is 17.6 Å². The van der Waals surface area contributed by atoms with Crippen molar-refractivity contribution in [3.63, 3.8) is 0 Å². The van der Waals surface area contributed by atoms with Crippen LogP contribution >= 0.6 is 0 Å². The maximum absolute atomic E-state index is 10.7. The number of aryl methyl sites for hydroxylation is 1. The van der Waals surface area contributed by atoms with E-state index in [-0.39, 0.29) is 6.42 Å². The Hall–Kier alpha value is -2.29. The van der Waals surface area contributed by atoms with Crippen molar-refractivity contribution in [2.75, 3.05) is 0 Å². The summed E-state index contributed by atoms with van der Waals surface area (Å²) in [4.78, 5) is 10.7. The lowest BCUT2D eigenvalue weighted by Gasteiger charge is -1.97. The minimum Gasteiger partial charge on any atom is -0.481 e. The number of rotatable bonds is 3. The van der Waals surface area contributed by atoms with Crippen LogP contribution in [0.4, 0.5) is 0 Å². The molecule has 1 heterocycles. The summed E-state index contributed by atoms with van der Waals surface area (Å²) in [6.45, 7) is 2.12. The number of aliphatic carboxylic acids is 1. The third-order valence-electron chi connectivity index (χ3n) is 3.36. The Bertz CT molecular complexity index is 768. The molecule has 3 rings (SSSR count). The van der Waals surface area contributed by atoms with E-state index in [1.165, 1.54) is 5.56 Å². The van der Waals surface area contributed by atoms with Crippen molar-refractivity contribution in [1.29, 1.82) is 0 Å². The summed E-state index contributed by atoms with van der Waals surface area (Å²) in [5.74, 6) is -0.830. The third-order valence-corrected chi connectivity index (χ3v) is 3.36. The van der Waals surface area contributed by atoms with Gasteiger partial charge in [-0.05, 0) is 35.7 Å². The lowest BCUT2D eigenvalue weighted by Crippen LogP contribution is -1.99. The molecule has 3 nitrogen and oxygen atoms in total. The quantitative estimate of drug-likeness (QED) is 0.773. The van der Waals surface area contributed by atoms with Crippen LogP contribution in [0.3, 0.4) is 0 Å². The van der Waals surface area contributed by atoms with Crippen molar-refractivity contribution in [1.82, 2.24) is 0 Å². The molecule has 19 heavy (non-hydrogen) atoms. The van der Waals surface area contributed by atoms with Gasteiger partial charge < -0.3 is 9.52 Å². The van der Waals surface area contributed by atoms with Gasteiger partial charge in [0.25, 0.3) is 0 Å². The molecule has 0 saturated carbocycles. The van der Waals surface area contributed by atoms with E-state index in [9.17, 15) is 4.79 Å². The summed E-state index contributed by atoms with van der Waals surface area (Å²) >= 11 is 0. The molecular formula is C16H14O3. The molecule has 1 aromatic heterocycles. The van der Waals surface area contributed by atoms with Crippen LogP contribution in [0.25, 0.3) is 21.9 Å². The van der Waals surface area contributed by atoms with Gasteiger partial charge in [0, 0.05) is 10.8 Å². The molecule has 0 spiro atoms. The molecular weight excluding hydrogens is 240 g/mol. The van der Waals surface area contributed by atoms with Crippen molar-refractivity contribution in [3.05, 3.63) is 47.5 Å². The largest absolute Gasteiger partial charge is 0.481 e. The van der Waals surface area contributed by atoms with Crippen molar-refractivity contribution in [3.8, 4) is 0 Å². The second-order valence-electron chi connectivity index (χ2n) is 4.69. The van der Waals surface area contributed by atoms with E-state index < -0.39 is 5.97 Å². The Kier molecular flexibility index (Phi) is 2.75. The van der Waals surface area contributed by atoms with Gasteiger partial charge in [0.15, 0.2) is 0 Å². The molecule has 0 atom stereocenters. The molecule has 1 N–H and O–H groups in total. The highest BCUT2D eigenvalue weighted by Gasteiger charge is 2.09. The maximum atomic E-state index is 10.7. The molecule has 0 aliphatic rings. The number of furan rings is 1. The van der Waals surface area contributed by atoms with Crippen LogP contribution < -0.4 is 0 Å². The first-order chi connectivity index (χ1) is 9.17. The fraction of sp³-hybridized carbons (Fsp3) is 0.188. The summed E-state index contributed by atoms with van der Waals surface area (Å²) in [5.41, 5.74) is 3.63. The van der Waals surface area contributed by atoms with E-state index in [4.69, 9.17) is 9.52 Å². The number of carboxylic acid groups (broad SMARTS) is 1. The van der Waals surface area contributed by atoms with Crippen LogP contribution in [0.15, 0.2) is 40.8 Å². The zero-order chi connectivity index (χ0) is 13.4. The number of benzene rings is 2. The van der Waals surface area contributed by atoms with Gasteiger partial charge in [0.2, 0.25) is 0 Å². The van der Waals surface area contributed by atoms with Crippen molar-refractivity contribution in [2.24, 2.45) is 0 Å². The van der Waals surface area contributed by atoms with E-state index >= 15 is 0 Å². The maximum Gasteiger partial charge on any atom is 0.307 e. The van der Waals surface area contributed by atoms with Gasteiger partial charge >= 0.3 is 5.97 Å². The Labute approximate surface area is 110 Å². The number of fused-ring (bicyclic) bond motifs is 3. The monoisotopic (exact) mass is 254 g/mol. The van der Waals surface area contributed by atoms with Crippen LogP contribution in [0, 0.1) is 0 Å². The minimum absolute atomic E-state index is 0.0210. The number of hydrogen-bond acceptors (Lipinski definition) is 2. The predicted molar refractivity (Wildman–Crippen MR) is 74.4 cm³/mol. The van der Waals surface area contributed by atoms with Crippen molar-refractivity contribution >= 4 is 27.9 Å². The van der Waals surface area contributed by atoms with Gasteiger partial charge in [-0.2, -0.15) is 0 Å². The minimum atomic E-state index is -0.830. The topological polar surface area (TPSA) is 50.4 Å². The zero-order valence-corrected chi connectivity index (χ0v) is 10.6. The highest BCUT2D eigenvalue weighted by atomic mass is 16.4. The number of carbonyl (C=O) groups is 1. The average Bonchev–Trinajstić information content (AvgIpc) is 2.74. The number of hydrogen-bond donors (Lipinski definition) is 1. The fourth-order valence-electron chi connectivity index (χ4n) is 2.37. The smallest absolute Gasteiger partial charge is 0.307 e. The SMILES string of the molecule is CCc1ccc2oc3cc(CC(=O)O)ccc3c2c1. The molecule has 0 amide bonds. The molecule has 0 aliphatic heterocycles. The second kappa shape index (κ2) is 4.43. The van der Waals surface area contributed by atoms with E-state index in [2.05, 4.69) is 19.1 Å². The summed E-state index contributed by atoms with van der Waals surface area (Å²) in [5, 5.41) is 11.0. The molecule has 0 radical (unpaired) electrons. The van der Waals surface area contributed by atoms with Gasteiger partial charge in [-0.25, -0.2) is 0 Å². The normalized spacial score (nSPS) is 11.2. The standard InChI is InChI=1S/C16H14O3/c1-2-10-4-6-14-13(7-10)12-5-3-11(9-16(17)18)8-15(12)19-14/h3-8H,2,9H2,1H3,(H,17,18). The Morgan fingerprint density at radius 3 is 2.58 bits per heavy atom. The van der Waals surface area contributed by atoms with Crippen molar-refractivity contribution < 1.29 is 14.3 Å². The Morgan fingerprint density at radius 2 is 1.84 bits per heavy atom. The van der Waals surface area contributed by atoms with Crippen LogP contribution in [0.2, 0.25) is 0 Å². The van der Waals surface area contributed by atoms with Gasteiger partial charge in [0.05, 0.1) is 6.42 Å². The van der Waals surface area contributed by atoms with E-state index in [0.29, 0.717) is 0 Å². The zero-order valence-electron chi connectivity index (χ0n) is 10.6. The van der Waals surface area contributed by atoms with Crippen LogP contribution in [-0.4, -0.2) is 11.1 Å². The summed E-state index contributed by atoms with van der Waals surface area (Å²) in [6, 6.07) is 11.8.